The molecule has 2 fully saturated rings. The van der Waals surface area contributed by atoms with E-state index in [1.807, 2.05) is 0 Å². The summed E-state index contributed by atoms with van der Waals surface area (Å²) in [5.41, 5.74) is 0. The SMILES string of the molecule is C1CCC(CCCC2CCCC2)C1. The number of hydrogen-bond donors (Lipinski definition) is 0. The van der Waals surface area contributed by atoms with Crippen LogP contribution in [0.4, 0.5) is 0 Å². The molecule has 0 unspecified atom stereocenters. The van der Waals surface area contributed by atoms with Gasteiger partial charge in [0.2, 0.25) is 0 Å². The van der Waals surface area contributed by atoms with E-state index < -0.39 is 0 Å². The van der Waals surface area contributed by atoms with Crippen LogP contribution in [0.25, 0.3) is 0 Å². The van der Waals surface area contributed by atoms with Gasteiger partial charge in [-0.15, -0.1) is 0 Å². The van der Waals surface area contributed by atoms with E-state index in [1.165, 1.54) is 32.1 Å². The first-order chi connectivity index (χ1) is 6.45. The molecule has 0 aliphatic heterocycles. The van der Waals surface area contributed by atoms with Crippen LogP contribution >= 0.6 is 0 Å². The highest BCUT2D eigenvalue weighted by Crippen LogP contribution is 2.33. The Morgan fingerprint density at radius 2 is 1.00 bits per heavy atom. The van der Waals surface area contributed by atoms with Crippen molar-refractivity contribution in [1.82, 2.24) is 0 Å². The van der Waals surface area contributed by atoms with Crippen LogP contribution in [-0.4, -0.2) is 0 Å². The number of rotatable bonds is 4. The topological polar surface area (TPSA) is 0 Å². The van der Waals surface area contributed by atoms with Crippen LogP contribution in [0.1, 0.15) is 70.6 Å². The Morgan fingerprint density at radius 1 is 0.615 bits per heavy atom. The van der Waals surface area contributed by atoms with Gasteiger partial charge in [0.25, 0.3) is 0 Å². The van der Waals surface area contributed by atoms with E-state index >= 15 is 0 Å². The lowest BCUT2D eigenvalue weighted by Crippen LogP contribution is -1.97. The summed E-state index contributed by atoms with van der Waals surface area (Å²) in [7, 11) is 0. The van der Waals surface area contributed by atoms with Crippen molar-refractivity contribution < 1.29 is 0 Å². The molecule has 0 nitrogen and oxygen atoms in total. The maximum Gasteiger partial charge on any atom is -0.0414 e. The molecule has 76 valence electrons. The van der Waals surface area contributed by atoms with Crippen molar-refractivity contribution in [2.75, 3.05) is 0 Å². The second-order valence-corrected chi connectivity index (χ2v) is 5.23. The van der Waals surface area contributed by atoms with E-state index in [0.29, 0.717) is 0 Å². The van der Waals surface area contributed by atoms with E-state index in [-0.39, 0.29) is 0 Å². The van der Waals surface area contributed by atoms with Crippen molar-refractivity contribution in [2.24, 2.45) is 11.8 Å². The van der Waals surface area contributed by atoms with Gasteiger partial charge in [-0.2, -0.15) is 0 Å². The average Bonchev–Trinajstić information content (AvgIpc) is 2.75. The van der Waals surface area contributed by atoms with Crippen molar-refractivity contribution in [3.05, 3.63) is 0 Å². The van der Waals surface area contributed by atoms with Gasteiger partial charge < -0.3 is 0 Å². The molecule has 0 amide bonds. The second-order valence-electron chi connectivity index (χ2n) is 5.23. The molecule has 0 aromatic rings. The summed E-state index contributed by atoms with van der Waals surface area (Å²) in [4.78, 5) is 0. The smallest absolute Gasteiger partial charge is 0.0414 e. The molecular formula is C13H24. The van der Waals surface area contributed by atoms with Gasteiger partial charge in [0.1, 0.15) is 0 Å². The molecule has 2 aliphatic rings. The molecule has 0 heteroatoms. The summed E-state index contributed by atoms with van der Waals surface area (Å²) in [6, 6.07) is 0. The fourth-order valence-corrected chi connectivity index (χ4v) is 3.29. The van der Waals surface area contributed by atoms with Crippen LogP contribution in [0.2, 0.25) is 0 Å². The van der Waals surface area contributed by atoms with Gasteiger partial charge in [-0.05, 0) is 11.8 Å². The van der Waals surface area contributed by atoms with Crippen LogP contribution < -0.4 is 0 Å². The molecule has 13 heavy (non-hydrogen) atoms. The summed E-state index contributed by atoms with van der Waals surface area (Å²) in [5, 5.41) is 0. The van der Waals surface area contributed by atoms with E-state index in [1.54, 1.807) is 38.5 Å². The highest BCUT2D eigenvalue weighted by molar-refractivity contribution is 4.70. The highest BCUT2D eigenvalue weighted by atomic mass is 14.2. The first-order valence-electron chi connectivity index (χ1n) is 6.45. The average molecular weight is 180 g/mol. The molecule has 0 atom stereocenters. The second kappa shape index (κ2) is 5.02. The fraction of sp³-hybridized carbons (Fsp3) is 1.00. The van der Waals surface area contributed by atoms with Crippen molar-refractivity contribution >= 4 is 0 Å². The summed E-state index contributed by atoms with van der Waals surface area (Å²) in [6.45, 7) is 0. The maximum atomic E-state index is 1.55. The van der Waals surface area contributed by atoms with E-state index in [0.717, 1.165) is 11.8 Å². The molecule has 0 bridgehead atoms. The van der Waals surface area contributed by atoms with Gasteiger partial charge in [0, 0.05) is 0 Å². The van der Waals surface area contributed by atoms with Crippen LogP contribution in [0, 0.1) is 11.8 Å². The van der Waals surface area contributed by atoms with E-state index in [2.05, 4.69) is 0 Å². The Kier molecular flexibility index (Phi) is 3.69. The molecular weight excluding hydrogens is 156 g/mol. The lowest BCUT2D eigenvalue weighted by atomic mass is 9.95. The van der Waals surface area contributed by atoms with Gasteiger partial charge >= 0.3 is 0 Å². The van der Waals surface area contributed by atoms with Crippen LogP contribution in [0.5, 0.6) is 0 Å². The lowest BCUT2D eigenvalue weighted by Gasteiger charge is -2.11. The zero-order chi connectivity index (χ0) is 8.93. The predicted octanol–water partition coefficient (Wildman–Crippen LogP) is 4.54. The largest absolute Gasteiger partial charge is 0.0530 e. The lowest BCUT2D eigenvalue weighted by molar-refractivity contribution is 0.416. The van der Waals surface area contributed by atoms with Gasteiger partial charge in [0.05, 0.1) is 0 Å². The third-order valence-corrected chi connectivity index (χ3v) is 4.17. The van der Waals surface area contributed by atoms with Crippen molar-refractivity contribution in [2.45, 2.75) is 70.6 Å². The van der Waals surface area contributed by atoms with E-state index in [4.69, 9.17) is 0 Å². The molecule has 2 rings (SSSR count). The van der Waals surface area contributed by atoms with Gasteiger partial charge in [-0.3, -0.25) is 0 Å². The first kappa shape index (κ1) is 9.55. The number of hydrogen-bond acceptors (Lipinski definition) is 0. The minimum absolute atomic E-state index is 1.13. The standard InChI is InChI=1S/C13H24/c1-2-7-12(6-1)10-5-11-13-8-3-4-9-13/h12-13H,1-11H2. The summed E-state index contributed by atoms with van der Waals surface area (Å²) in [5.74, 6) is 2.25. The monoisotopic (exact) mass is 180 g/mol. The van der Waals surface area contributed by atoms with Crippen molar-refractivity contribution in [3.8, 4) is 0 Å². The minimum atomic E-state index is 1.13. The fourth-order valence-electron chi connectivity index (χ4n) is 3.29. The zero-order valence-electron chi connectivity index (χ0n) is 8.93. The predicted molar refractivity (Wildman–Crippen MR) is 57.8 cm³/mol. The molecule has 0 N–H and O–H groups in total. The molecule has 2 saturated carbocycles. The Balaban J connectivity index is 1.52. The third-order valence-electron chi connectivity index (χ3n) is 4.17. The molecule has 0 aromatic carbocycles. The van der Waals surface area contributed by atoms with Crippen molar-refractivity contribution in [1.29, 1.82) is 0 Å². The molecule has 0 heterocycles. The normalized spacial score (nSPS) is 25.8. The van der Waals surface area contributed by atoms with Gasteiger partial charge in [-0.25, -0.2) is 0 Å². The van der Waals surface area contributed by atoms with Gasteiger partial charge in [0.15, 0.2) is 0 Å². The molecule has 0 spiro atoms. The maximum absolute atomic E-state index is 1.55. The molecule has 0 radical (unpaired) electrons. The molecule has 2 aliphatic carbocycles. The third kappa shape index (κ3) is 3.00. The van der Waals surface area contributed by atoms with Crippen molar-refractivity contribution in [3.63, 3.8) is 0 Å². The summed E-state index contributed by atoms with van der Waals surface area (Å²) >= 11 is 0. The Bertz CT molecular complexity index is 111. The zero-order valence-corrected chi connectivity index (χ0v) is 8.93. The first-order valence-corrected chi connectivity index (χ1v) is 6.45. The summed E-state index contributed by atoms with van der Waals surface area (Å²) < 4.78 is 0. The summed E-state index contributed by atoms with van der Waals surface area (Å²) in [6.07, 6.45) is 16.9. The minimum Gasteiger partial charge on any atom is -0.0530 e. The Morgan fingerprint density at radius 3 is 1.38 bits per heavy atom. The Hall–Kier alpha value is 0. The molecule has 0 aromatic heterocycles. The van der Waals surface area contributed by atoms with Crippen LogP contribution in [-0.2, 0) is 0 Å². The van der Waals surface area contributed by atoms with Crippen LogP contribution in [0.3, 0.4) is 0 Å². The van der Waals surface area contributed by atoms with E-state index in [9.17, 15) is 0 Å². The highest BCUT2D eigenvalue weighted by Gasteiger charge is 2.17. The molecule has 0 saturated heterocycles. The van der Waals surface area contributed by atoms with Crippen LogP contribution in [0.15, 0.2) is 0 Å². The quantitative estimate of drug-likeness (QED) is 0.596. The van der Waals surface area contributed by atoms with Gasteiger partial charge in [-0.1, -0.05) is 70.6 Å². The Labute approximate surface area is 83.1 Å².